The van der Waals surface area contributed by atoms with E-state index in [0.29, 0.717) is 12.3 Å². The van der Waals surface area contributed by atoms with Crippen LogP contribution in [0.1, 0.15) is 29.5 Å². The largest absolute Gasteiger partial charge is 0.415 e. The first-order valence-corrected chi connectivity index (χ1v) is 6.77. The first kappa shape index (κ1) is 13.9. The monoisotopic (exact) mass is 262 g/mol. The molecule has 1 unspecified atom stereocenters. The van der Waals surface area contributed by atoms with Crippen LogP contribution >= 0.6 is 0 Å². The molecule has 0 spiro atoms. The molecule has 0 radical (unpaired) electrons. The van der Waals surface area contributed by atoms with Crippen LogP contribution in [0.4, 0.5) is 4.79 Å². The normalized spacial score (nSPS) is 19.4. The second kappa shape index (κ2) is 5.61. The van der Waals surface area contributed by atoms with Crippen molar-refractivity contribution in [2.45, 2.75) is 39.7 Å². The van der Waals surface area contributed by atoms with Crippen molar-refractivity contribution in [3.05, 3.63) is 28.8 Å². The molecular formula is C15H22N2O2. The van der Waals surface area contributed by atoms with Gasteiger partial charge in [0.05, 0.1) is 0 Å². The molecule has 1 fully saturated rings. The van der Waals surface area contributed by atoms with Crippen molar-refractivity contribution in [3.63, 3.8) is 0 Å². The van der Waals surface area contributed by atoms with Crippen molar-refractivity contribution in [1.29, 1.82) is 0 Å². The molecule has 4 nitrogen and oxygen atoms in total. The standard InChI is InChI=1S/C15H22N2O2/c1-10-7-11(2)14(12(3)8-10)19-15(18)17-6-4-5-13(16)9-17/h7-8,13H,4-6,9,16H2,1-3H3. The van der Waals surface area contributed by atoms with Gasteiger partial charge in [-0.1, -0.05) is 17.7 Å². The topological polar surface area (TPSA) is 55.6 Å². The Labute approximate surface area is 114 Å². The lowest BCUT2D eigenvalue weighted by atomic mass is 10.1. The van der Waals surface area contributed by atoms with E-state index in [1.807, 2.05) is 32.9 Å². The number of amides is 1. The predicted octanol–water partition coefficient (Wildman–Crippen LogP) is 2.53. The number of carbonyl (C=O) groups is 1. The van der Waals surface area contributed by atoms with Gasteiger partial charge in [-0.2, -0.15) is 0 Å². The van der Waals surface area contributed by atoms with Gasteiger partial charge < -0.3 is 15.4 Å². The summed E-state index contributed by atoms with van der Waals surface area (Å²) in [7, 11) is 0. The smallest absolute Gasteiger partial charge is 0.410 e. The third-order valence-electron chi connectivity index (χ3n) is 3.51. The number of ether oxygens (including phenoxy) is 1. The predicted molar refractivity (Wildman–Crippen MR) is 75.5 cm³/mol. The Hall–Kier alpha value is -1.55. The molecule has 1 aliphatic rings. The van der Waals surface area contributed by atoms with Crippen molar-refractivity contribution in [1.82, 2.24) is 4.90 Å². The highest BCUT2D eigenvalue weighted by Gasteiger charge is 2.23. The number of hydrogen-bond acceptors (Lipinski definition) is 3. The molecule has 1 heterocycles. The maximum atomic E-state index is 12.2. The zero-order valence-electron chi connectivity index (χ0n) is 11.9. The molecule has 19 heavy (non-hydrogen) atoms. The molecule has 0 bridgehead atoms. The quantitative estimate of drug-likeness (QED) is 0.846. The summed E-state index contributed by atoms with van der Waals surface area (Å²) in [5, 5.41) is 0. The van der Waals surface area contributed by atoms with E-state index in [0.717, 1.165) is 30.5 Å². The molecule has 104 valence electrons. The molecule has 2 N–H and O–H groups in total. The van der Waals surface area contributed by atoms with Crippen LogP contribution in [0, 0.1) is 20.8 Å². The number of benzene rings is 1. The molecular weight excluding hydrogens is 240 g/mol. The van der Waals surface area contributed by atoms with Crippen LogP contribution in [-0.4, -0.2) is 30.1 Å². The first-order chi connectivity index (χ1) is 8.97. The summed E-state index contributed by atoms with van der Waals surface area (Å²) in [6, 6.07) is 4.12. The molecule has 0 aliphatic carbocycles. The fourth-order valence-corrected chi connectivity index (χ4v) is 2.66. The molecule has 1 aromatic carbocycles. The van der Waals surface area contributed by atoms with E-state index >= 15 is 0 Å². The molecule has 1 saturated heterocycles. The van der Waals surface area contributed by atoms with Crippen LogP contribution in [0.25, 0.3) is 0 Å². The van der Waals surface area contributed by atoms with E-state index in [1.165, 1.54) is 5.56 Å². The van der Waals surface area contributed by atoms with Gasteiger partial charge in [0.25, 0.3) is 0 Å². The van der Waals surface area contributed by atoms with Crippen LogP contribution in [0.2, 0.25) is 0 Å². The van der Waals surface area contributed by atoms with Gasteiger partial charge in [-0.05, 0) is 44.7 Å². The van der Waals surface area contributed by atoms with E-state index < -0.39 is 0 Å². The summed E-state index contributed by atoms with van der Waals surface area (Å²) in [5.41, 5.74) is 9.05. The SMILES string of the molecule is Cc1cc(C)c(OC(=O)N2CCCC(N)C2)c(C)c1. The van der Waals surface area contributed by atoms with Gasteiger partial charge in [0, 0.05) is 19.1 Å². The number of carbonyl (C=O) groups excluding carboxylic acids is 1. The van der Waals surface area contributed by atoms with Crippen molar-refractivity contribution in [2.24, 2.45) is 5.73 Å². The summed E-state index contributed by atoms with van der Waals surface area (Å²) < 4.78 is 5.55. The Kier molecular flexibility index (Phi) is 4.10. The average molecular weight is 262 g/mol. The summed E-state index contributed by atoms with van der Waals surface area (Å²) in [4.78, 5) is 13.9. The zero-order valence-corrected chi connectivity index (χ0v) is 11.9. The molecule has 0 saturated carbocycles. The van der Waals surface area contributed by atoms with Gasteiger partial charge in [-0.15, -0.1) is 0 Å². The molecule has 1 atom stereocenters. The van der Waals surface area contributed by atoms with Gasteiger partial charge in [-0.3, -0.25) is 0 Å². The highest BCUT2D eigenvalue weighted by Crippen LogP contribution is 2.25. The maximum Gasteiger partial charge on any atom is 0.415 e. The molecule has 1 amide bonds. The van der Waals surface area contributed by atoms with E-state index in [4.69, 9.17) is 10.5 Å². The molecule has 0 aromatic heterocycles. The summed E-state index contributed by atoms with van der Waals surface area (Å²) in [5.74, 6) is 0.676. The number of aryl methyl sites for hydroxylation is 3. The Morgan fingerprint density at radius 3 is 2.53 bits per heavy atom. The van der Waals surface area contributed by atoms with Gasteiger partial charge in [0.15, 0.2) is 0 Å². The van der Waals surface area contributed by atoms with Crippen molar-refractivity contribution in [2.75, 3.05) is 13.1 Å². The Morgan fingerprint density at radius 1 is 1.32 bits per heavy atom. The molecule has 1 aromatic rings. The summed E-state index contributed by atoms with van der Waals surface area (Å²) in [6.45, 7) is 7.28. The van der Waals surface area contributed by atoms with Crippen LogP contribution < -0.4 is 10.5 Å². The van der Waals surface area contributed by atoms with Crippen LogP contribution in [-0.2, 0) is 0 Å². The first-order valence-electron chi connectivity index (χ1n) is 6.77. The van der Waals surface area contributed by atoms with Gasteiger partial charge in [0.2, 0.25) is 0 Å². The lowest BCUT2D eigenvalue weighted by Gasteiger charge is -2.30. The minimum atomic E-state index is -0.287. The number of nitrogens with zero attached hydrogens (tertiary/aromatic N) is 1. The van der Waals surface area contributed by atoms with Crippen molar-refractivity contribution < 1.29 is 9.53 Å². The van der Waals surface area contributed by atoms with Crippen molar-refractivity contribution in [3.8, 4) is 5.75 Å². The maximum absolute atomic E-state index is 12.2. The number of piperidine rings is 1. The van der Waals surface area contributed by atoms with Gasteiger partial charge >= 0.3 is 6.09 Å². The van der Waals surface area contributed by atoms with E-state index in [-0.39, 0.29) is 12.1 Å². The fourth-order valence-electron chi connectivity index (χ4n) is 2.66. The van der Waals surface area contributed by atoms with Gasteiger partial charge in [-0.25, -0.2) is 4.79 Å². The third-order valence-corrected chi connectivity index (χ3v) is 3.51. The minimum Gasteiger partial charge on any atom is -0.410 e. The minimum absolute atomic E-state index is 0.0708. The summed E-state index contributed by atoms with van der Waals surface area (Å²) in [6.07, 6.45) is 1.64. The van der Waals surface area contributed by atoms with E-state index in [9.17, 15) is 4.79 Å². The summed E-state index contributed by atoms with van der Waals surface area (Å²) >= 11 is 0. The fraction of sp³-hybridized carbons (Fsp3) is 0.533. The highest BCUT2D eigenvalue weighted by atomic mass is 16.6. The Bertz CT molecular complexity index is 462. The third kappa shape index (κ3) is 3.26. The lowest BCUT2D eigenvalue weighted by Crippen LogP contribution is -2.46. The Morgan fingerprint density at radius 2 is 1.95 bits per heavy atom. The molecule has 2 rings (SSSR count). The highest BCUT2D eigenvalue weighted by molar-refractivity contribution is 5.72. The van der Waals surface area contributed by atoms with Crippen molar-refractivity contribution >= 4 is 6.09 Å². The number of rotatable bonds is 1. The van der Waals surface area contributed by atoms with Gasteiger partial charge in [0.1, 0.15) is 5.75 Å². The Balaban J connectivity index is 2.10. The number of nitrogens with two attached hydrogens (primary N) is 1. The molecule has 1 aliphatic heterocycles. The second-order valence-corrected chi connectivity index (χ2v) is 5.44. The van der Waals surface area contributed by atoms with Crippen LogP contribution in [0.5, 0.6) is 5.75 Å². The molecule has 4 heteroatoms. The number of hydrogen-bond donors (Lipinski definition) is 1. The van der Waals surface area contributed by atoms with E-state index in [2.05, 4.69) is 0 Å². The lowest BCUT2D eigenvalue weighted by molar-refractivity contribution is 0.137. The number of likely N-dealkylation sites (tertiary alicyclic amines) is 1. The zero-order chi connectivity index (χ0) is 14.0. The average Bonchev–Trinajstić information content (AvgIpc) is 2.33. The van der Waals surface area contributed by atoms with E-state index in [1.54, 1.807) is 4.90 Å². The van der Waals surface area contributed by atoms with Crippen LogP contribution in [0.3, 0.4) is 0 Å². The van der Waals surface area contributed by atoms with Crippen LogP contribution in [0.15, 0.2) is 12.1 Å². The second-order valence-electron chi connectivity index (χ2n) is 5.44.